The van der Waals surface area contributed by atoms with Gasteiger partial charge >= 0.3 is 24.7 Å². The highest BCUT2D eigenvalue weighted by Crippen LogP contribution is 2.49. The molecule has 0 bridgehead atoms. The van der Waals surface area contributed by atoms with Crippen LogP contribution in [0.1, 0.15) is 44.9 Å². The van der Waals surface area contributed by atoms with Crippen LogP contribution in [0.3, 0.4) is 0 Å². The second kappa shape index (κ2) is 11.0. The van der Waals surface area contributed by atoms with Crippen LogP contribution in [0, 0.1) is 6.92 Å². The Kier molecular flexibility index (Phi) is 8.48. The molecule has 0 fully saturated rings. The number of hydrogen-bond acceptors (Lipinski definition) is 5. The maximum Gasteiger partial charge on any atom is 0.437 e. The van der Waals surface area contributed by atoms with Crippen LogP contribution >= 0.6 is 0 Å². The Morgan fingerprint density at radius 3 is 2.07 bits per heavy atom. The minimum absolute atomic E-state index is 0.0458. The van der Waals surface area contributed by atoms with Crippen molar-refractivity contribution in [2.24, 2.45) is 5.16 Å². The summed E-state index contributed by atoms with van der Waals surface area (Å²) in [7, 11) is 0. The minimum Gasteiger partial charge on any atom is -0.372 e. The molecule has 0 saturated heterocycles. The van der Waals surface area contributed by atoms with Gasteiger partial charge in [-0.25, -0.2) is 4.98 Å². The summed E-state index contributed by atoms with van der Waals surface area (Å²) in [4.78, 5) is 31.1. The maximum absolute atomic E-state index is 14.2. The van der Waals surface area contributed by atoms with Gasteiger partial charge in [-0.2, -0.15) is 52.7 Å². The van der Waals surface area contributed by atoms with Crippen LogP contribution in [-0.4, -0.2) is 48.0 Å². The molecule has 230 valence electrons. The van der Waals surface area contributed by atoms with E-state index in [4.69, 9.17) is 0 Å². The van der Waals surface area contributed by atoms with Crippen LogP contribution in [0.25, 0.3) is 0 Å². The van der Waals surface area contributed by atoms with Crippen molar-refractivity contribution >= 4 is 17.5 Å². The van der Waals surface area contributed by atoms with Crippen LogP contribution in [0.4, 0.5) is 52.7 Å². The number of oxime groups is 1. The van der Waals surface area contributed by atoms with Crippen molar-refractivity contribution in [1.29, 1.82) is 0 Å². The maximum atomic E-state index is 14.2. The lowest BCUT2D eigenvalue weighted by Gasteiger charge is -2.29. The molecule has 0 aliphatic carbocycles. The zero-order chi connectivity index (χ0) is 31.9. The van der Waals surface area contributed by atoms with Crippen molar-refractivity contribution in [2.75, 3.05) is 13.1 Å². The molecule has 2 N–H and O–H groups in total. The molecule has 1 aliphatic heterocycles. The molecule has 1 aromatic heterocycles. The highest BCUT2D eigenvalue weighted by molar-refractivity contribution is 6.04. The Balaban J connectivity index is 1.88. The number of benzene rings is 1. The van der Waals surface area contributed by atoms with E-state index in [1.165, 1.54) is 12.2 Å². The van der Waals surface area contributed by atoms with Gasteiger partial charge in [0.2, 0.25) is 5.91 Å². The number of aromatic nitrogens is 1. The number of pyridine rings is 1. The lowest BCUT2D eigenvalue weighted by atomic mass is 9.88. The summed E-state index contributed by atoms with van der Waals surface area (Å²) < 4.78 is 159. The monoisotopic (exact) mass is 624 g/mol. The summed E-state index contributed by atoms with van der Waals surface area (Å²) in [6.07, 6.45) is -22.7. The van der Waals surface area contributed by atoms with Crippen molar-refractivity contribution < 1.29 is 67.1 Å². The molecular weight excluding hydrogens is 608 g/mol. The third kappa shape index (κ3) is 7.22. The number of amides is 2. The SMILES string of the molecule is Cc1cc(C2=NO[C@](c3cc(C(F)(F)F)cc(C(F)(F)F)n3)(C(F)(F)F)C2)ccc1C(=O)NCC(=O)NCC(F)(F)F. The molecule has 2 amide bonds. The fourth-order valence-corrected chi connectivity index (χ4v) is 3.68. The number of carbonyl (C=O) groups excluding carboxylic acids is 2. The van der Waals surface area contributed by atoms with E-state index in [-0.39, 0.29) is 22.8 Å². The molecule has 0 spiro atoms. The van der Waals surface area contributed by atoms with Crippen molar-refractivity contribution in [1.82, 2.24) is 15.6 Å². The molecule has 3 rings (SSSR count). The van der Waals surface area contributed by atoms with E-state index in [0.29, 0.717) is 0 Å². The van der Waals surface area contributed by atoms with E-state index in [0.717, 1.165) is 18.2 Å². The van der Waals surface area contributed by atoms with E-state index in [1.807, 2.05) is 5.32 Å². The van der Waals surface area contributed by atoms with Gasteiger partial charge in [-0.1, -0.05) is 11.2 Å². The Labute approximate surface area is 226 Å². The predicted octanol–water partition coefficient (Wildman–Crippen LogP) is 5.42. The average molecular weight is 624 g/mol. The van der Waals surface area contributed by atoms with E-state index in [2.05, 4.69) is 15.0 Å². The number of carbonyl (C=O) groups is 2. The van der Waals surface area contributed by atoms with Gasteiger partial charge in [-0.3, -0.25) is 9.59 Å². The molecule has 1 aliphatic rings. The van der Waals surface area contributed by atoms with E-state index in [1.54, 1.807) is 0 Å². The number of nitrogens with one attached hydrogen (secondary N) is 2. The molecule has 0 unspecified atom stereocenters. The minimum atomic E-state index is -5.61. The van der Waals surface area contributed by atoms with Crippen LogP contribution in [0.15, 0.2) is 35.5 Å². The summed E-state index contributed by atoms with van der Waals surface area (Å²) >= 11 is 0. The van der Waals surface area contributed by atoms with Crippen molar-refractivity contribution in [3.63, 3.8) is 0 Å². The van der Waals surface area contributed by atoms with E-state index < -0.39 is 90.4 Å². The Morgan fingerprint density at radius 1 is 0.905 bits per heavy atom. The molecule has 0 radical (unpaired) electrons. The third-order valence-corrected chi connectivity index (χ3v) is 5.74. The Morgan fingerprint density at radius 2 is 1.55 bits per heavy atom. The fraction of sp³-hybridized carbons (Fsp3) is 0.391. The molecule has 2 aromatic rings. The first-order valence-electron chi connectivity index (χ1n) is 11.2. The number of halogens is 12. The summed E-state index contributed by atoms with van der Waals surface area (Å²) in [5.74, 6) is -2.13. The summed E-state index contributed by atoms with van der Waals surface area (Å²) in [6.45, 7) is -1.22. The zero-order valence-corrected chi connectivity index (χ0v) is 20.7. The average Bonchev–Trinajstić information content (AvgIpc) is 3.31. The van der Waals surface area contributed by atoms with Gasteiger partial charge in [0.1, 0.15) is 12.2 Å². The quantitative estimate of drug-likeness (QED) is 0.421. The third-order valence-electron chi connectivity index (χ3n) is 5.74. The highest BCUT2D eigenvalue weighted by atomic mass is 19.4. The lowest BCUT2D eigenvalue weighted by Crippen LogP contribution is -2.44. The number of alkyl halides is 12. The summed E-state index contributed by atoms with van der Waals surface area (Å²) in [5.41, 5.74) is -10.7. The normalized spacial score (nSPS) is 17.9. The highest BCUT2D eigenvalue weighted by Gasteiger charge is 2.64. The van der Waals surface area contributed by atoms with Crippen LogP contribution in [0.5, 0.6) is 0 Å². The van der Waals surface area contributed by atoms with Crippen LogP contribution < -0.4 is 10.6 Å². The predicted molar refractivity (Wildman–Crippen MR) is 117 cm³/mol. The van der Waals surface area contributed by atoms with Crippen LogP contribution in [-0.2, 0) is 27.6 Å². The van der Waals surface area contributed by atoms with Gasteiger partial charge in [0.05, 0.1) is 29.9 Å². The molecular formula is C23H16F12N4O3. The Hall–Kier alpha value is -4.06. The first kappa shape index (κ1) is 32.5. The smallest absolute Gasteiger partial charge is 0.372 e. The molecule has 1 atom stereocenters. The van der Waals surface area contributed by atoms with E-state index >= 15 is 0 Å². The molecule has 7 nitrogen and oxygen atoms in total. The van der Waals surface area contributed by atoms with Gasteiger partial charge in [-0.15, -0.1) is 0 Å². The van der Waals surface area contributed by atoms with Crippen molar-refractivity contribution in [3.05, 3.63) is 64.0 Å². The molecule has 2 heterocycles. The topological polar surface area (TPSA) is 92.7 Å². The number of rotatable bonds is 6. The summed E-state index contributed by atoms with van der Waals surface area (Å²) in [5, 5.41) is 6.81. The number of nitrogens with zero attached hydrogens (tertiary/aromatic N) is 2. The molecule has 1 aromatic carbocycles. The zero-order valence-electron chi connectivity index (χ0n) is 20.7. The van der Waals surface area contributed by atoms with Crippen molar-refractivity contribution in [3.8, 4) is 0 Å². The van der Waals surface area contributed by atoms with Gasteiger partial charge in [0, 0.05) is 5.56 Å². The molecule has 42 heavy (non-hydrogen) atoms. The van der Waals surface area contributed by atoms with Gasteiger partial charge in [-0.05, 0) is 42.3 Å². The molecule has 0 saturated carbocycles. The largest absolute Gasteiger partial charge is 0.437 e. The second-order valence-electron chi connectivity index (χ2n) is 8.86. The number of hydrogen-bond donors (Lipinski definition) is 2. The lowest BCUT2D eigenvalue weighted by molar-refractivity contribution is -0.277. The first-order valence-corrected chi connectivity index (χ1v) is 11.2. The summed E-state index contributed by atoms with van der Waals surface area (Å²) in [6, 6.07) is 2.49. The second-order valence-corrected chi connectivity index (χ2v) is 8.86. The Bertz CT molecular complexity index is 1360. The van der Waals surface area contributed by atoms with E-state index in [9.17, 15) is 62.3 Å². The standard InChI is InChI=1S/C23H16F12N4O3/c1-10-4-11(2-3-13(10)18(41)36-8-17(40)37-9-20(24,25)26)14-7-19(42-39-14,23(33,34)35)15-5-12(21(27,28)29)6-16(38-15)22(30,31)32/h2-6H,7-9H2,1H3,(H,36,41)(H,37,40)/t19-/m1/s1. The van der Waals surface area contributed by atoms with Crippen LogP contribution in [0.2, 0.25) is 0 Å². The fourth-order valence-electron chi connectivity index (χ4n) is 3.68. The van der Waals surface area contributed by atoms with Crippen molar-refractivity contribution in [2.45, 2.75) is 43.7 Å². The first-order chi connectivity index (χ1) is 19.0. The number of aryl methyl sites for hydroxylation is 1. The van der Waals surface area contributed by atoms with Gasteiger partial charge < -0.3 is 15.5 Å². The van der Waals surface area contributed by atoms with Gasteiger partial charge in [0.15, 0.2) is 0 Å². The molecule has 19 heteroatoms. The van der Waals surface area contributed by atoms with Gasteiger partial charge in [0.25, 0.3) is 11.5 Å².